The summed E-state index contributed by atoms with van der Waals surface area (Å²) in [6.45, 7) is 11.6. The van der Waals surface area contributed by atoms with Crippen LogP contribution in [-0.2, 0) is 9.59 Å². The van der Waals surface area contributed by atoms with E-state index in [0.717, 1.165) is 25.7 Å². The third kappa shape index (κ3) is 13.7. The minimum atomic E-state index is -1.48. The molecule has 0 amide bonds. The number of hydrogen-bond acceptors (Lipinski definition) is 4. The third-order valence-electron chi connectivity index (χ3n) is 2.28. The van der Waals surface area contributed by atoms with Gasteiger partial charge in [0, 0.05) is 0 Å². The molecular formula is C14H24O4Sn. The number of hydrogen-bond donors (Lipinski definition) is 0. The maximum absolute atomic E-state index is 9.99. The molecule has 0 aliphatic carbocycles. The second kappa shape index (κ2) is 11.3. The van der Waals surface area contributed by atoms with Crippen LogP contribution < -0.4 is 10.2 Å². The van der Waals surface area contributed by atoms with E-state index in [-0.39, 0.29) is 32.3 Å². The summed E-state index contributed by atoms with van der Waals surface area (Å²) in [5.74, 6) is -1.03. The molecular weight excluding hydrogens is 351 g/mol. The molecule has 0 aromatic rings. The van der Waals surface area contributed by atoms with E-state index in [4.69, 9.17) is 0 Å². The van der Waals surface area contributed by atoms with Gasteiger partial charge in [0.2, 0.25) is 0 Å². The van der Waals surface area contributed by atoms with Crippen molar-refractivity contribution in [2.45, 2.75) is 50.4 Å². The van der Waals surface area contributed by atoms with E-state index in [2.05, 4.69) is 27.7 Å². The van der Waals surface area contributed by atoms with Crippen LogP contribution >= 0.6 is 0 Å². The topological polar surface area (TPSA) is 80.3 Å². The Morgan fingerprint density at radius 2 is 1.11 bits per heavy atom. The molecule has 0 rings (SSSR count). The monoisotopic (exact) mass is 376 g/mol. The quantitative estimate of drug-likeness (QED) is 0.505. The first-order valence-electron chi connectivity index (χ1n) is 6.40. The molecule has 0 aromatic heterocycles. The second-order valence-corrected chi connectivity index (χ2v) is 9.03. The van der Waals surface area contributed by atoms with Gasteiger partial charge in [0.25, 0.3) is 0 Å². The maximum atomic E-state index is 9.99. The number of carbonyl (C=O) groups excluding carboxylic acids is 2. The van der Waals surface area contributed by atoms with Crippen LogP contribution in [0.5, 0.6) is 0 Å². The van der Waals surface area contributed by atoms with Crippen LogP contribution in [-0.4, -0.2) is 33.1 Å². The van der Waals surface area contributed by atoms with E-state index in [0.29, 0.717) is 0 Å². The Hall–Kier alpha value is -0.521. The van der Waals surface area contributed by atoms with Crippen LogP contribution in [0.2, 0.25) is 8.87 Å². The van der Waals surface area contributed by atoms with Gasteiger partial charge in [0.1, 0.15) is 0 Å². The van der Waals surface area contributed by atoms with Crippen molar-refractivity contribution in [3.05, 3.63) is 11.1 Å². The first-order chi connectivity index (χ1) is 8.59. The van der Waals surface area contributed by atoms with Crippen LogP contribution in [0.1, 0.15) is 41.5 Å². The molecule has 0 fully saturated rings. The van der Waals surface area contributed by atoms with Crippen LogP contribution in [0, 0.1) is 11.8 Å². The van der Waals surface area contributed by atoms with Crippen molar-refractivity contribution < 1.29 is 19.8 Å². The summed E-state index contributed by atoms with van der Waals surface area (Å²) in [5.41, 5.74) is -0.611. The molecule has 0 radical (unpaired) electrons. The number of carboxylic acids is 2. The molecule has 19 heavy (non-hydrogen) atoms. The van der Waals surface area contributed by atoms with Gasteiger partial charge < -0.3 is 19.8 Å². The molecule has 0 aliphatic rings. The van der Waals surface area contributed by atoms with E-state index in [1.807, 2.05) is 0 Å². The van der Waals surface area contributed by atoms with Gasteiger partial charge in [-0.3, -0.25) is 0 Å². The summed E-state index contributed by atoms with van der Waals surface area (Å²) < 4.78 is 3.14. The molecule has 108 valence electrons. The number of rotatable bonds is 6. The standard InChI is InChI=1S/C6H8O4.2C4H9.Sn/c1-3(5(7)8)4(2)6(9)10;2*1-4(2)3;/h1-2H3,(H,7,8)(H,9,10);2*4H,1H2,2-3H3;/q;;;+2/p-2. The van der Waals surface area contributed by atoms with E-state index in [1.54, 1.807) is 8.87 Å². The molecule has 0 aliphatic heterocycles. The van der Waals surface area contributed by atoms with Crippen LogP contribution in [0.3, 0.4) is 0 Å². The SMILES string of the molecule is CC(C(=O)[O-])=C(C)C(=O)[O-].CC(C)[CH2][Sn+2][CH2]C(C)C. The van der Waals surface area contributed by atoms with Gasteiger partial charge in [-0.25, -0.2) is 0 Å². The summed E-state index contributed by atoms with van der Waals surface area (Å²) in [6, 6.07) is 0. The average molecular weight is 375 g/mol. The Labute approximate surface area is 126 Å². The zero-order valence-corrected chi connectivity index (χ0v) is 15.6. The van der Waals surface area contributed by atoms with E-state index >= 15 is 0 Å². The number of carbonyl (C=O) groups is 2. The summed E-state index contributed by atoms with van der Waals surface area (Å²) in [4.78, 5) is 20.0. The fraction of sp³-hybridized carbons (Fsp3) is 0.714. The van der Waals surface area contributed by atoms with Gasteiger partial charge in [-0.1, -0.05) is 0 Å². The number of carboxylic acid groups (broad SMARTS) is 2. The molecule has 5 heteroatoms. The van der Waals surface area contributed by atoms with E-state index in [1.165, 1.54) is 0 Å². The fourth-order valence-corrected chi connectivity index (χ4v) is 4.74. The van der Waals surface area contributed by atoms with Gasteiger partial charge in [0.05, 0.1) is 11.9 Å². The third-order valence-corrected chi connectivity index (χ3v) is 8.59. The Morgan fingerprint density at radius 1 is 0.842 bits per heavy atom. The van der Waals surface area contributed by atoms with Crippen LogP contribution in [0.4, 0.5) is 0 Å². The van der Waals surface area contributed by atoms with Crippen molar-refractivity contribution in [2.24, 2.45) is 11.8 Å². The summed E-state index contributed by atoms with van der Waals surface area (Å²) >= 11 is 0.0709. The van der Waals surface area contributed by atoms with Gasteiger partial charge in [0.15, 0.2) is 0 Å². The molecule has 0 heterocycles. The van der Waals surface area contributed by atoms with Crippen molar-refractivity contribution in [2.75, 3.05) is 0 Å². The number of aliphatic carboxylic acids is 2. The Kier molecular flexibility index (Phi) is 12.4. The average Bonchev–Trinajstić information content (AvgIpc) is 2.26. The van der Waals surface area contributed by atoms with Crippen molar-refractivity contribution in [3.63, 3.8) is 0 Å². The normalized spacial score (nSPS) is 11.4. The molecule has 0 aromatic carbocycles. The van der Waals surface area contributed by atoms with Crippen molar-refractivity contribution >= 4 is 33.1 Å². The fourth-order valence-electron chi connectivity index (χ4n) is 0.967. The van der Waals surface area contributed by atoms with Crippen LogP contribution in [0.15, 0.2) is 11.1 Å². The first-order valence-corrected chi connectivity index (χ1v) is 10.4. The zero-order valence-electron chi connectivity index (χ0n) is 12.7. The van der Waals surface area contributed by atoms with Crippen molar-refractivity contribution in [1.82, 2.24) is 0 Å². The Balaban J connectivity index is 0. The minimum absolute atomic E-state index is 0.0709. The van der Waals surface area contributed by atoms with Crippen LogP contribution in [0.25, 0.3) is 0 Å². The Morgan fingerprint density at radius 3 is 1.26 bits per heavy atom. The van der Waals surface area contributed by atoms with E-state index < -0.39 is 11.9 Å². The molecule has 0 saturated carbocycles. The molecule has 0 bridgehead atoms. The second-order valence-electron chi connectivity index (χ2n) is 5.27. The Bertz CT molecular complexity index is 289. The molecule has 4 nitrogen and oxygen atoms in total. The molecule has 0 saturated heterocycles. The summed E-state index contributed by atoms with van der Waals surface area (Å²) in [7, 11) is 0. The van der Waals surface area contributed by atoms with Gasteiger partial charge >= 0.3 is 69.5 Å². The zero-order chi connectivity index (χ0) is 15.6. The first kappa shape index (κ1) is 20.8. The summed E-state index contributed by atoms with van der Waals surface area (Å²) in [5, 5.41) is 20.0. The van der Waals surface area contributed by atoms with Gasteiger partial charge in [-0.05, 0) is 25.0 Å². The molecule has 0 N–H and O–H groups in total. The predicted octanol–water partition coefficient (Wildman–Crippen LogP) is 0.662. The van der Waals surface area contributed by atoms with Crippen molar-refractivity contribution in [1.29, 1.82) is 0 Å². The van der Waals surface area contributed by atoms with E-state index in [9.17, 15) is 19.8 Å². The molecule has 0 unspecified atom stereocenters. The van der Waals surface area contributed by atoms with Gasteiger partial charge in [-0.2, -0.15) is 0 Å². The predicted molar refractivity (Wildman–Crippen MR) is 73.4 cm³/mol. The molecule has 0 atom stereocenters. The molecule has 0 spiro atoms. The summed E-state index contributed by atoms with van der Waals surface area (Å²) in [6.07, 6.45) is 0. The van der Waals surface area contributed by atoms with Gasteiger partial charge in [-0.15, -0.1) is 0 Å². The van der Waals surface area contributed by atoms with Crippen molar-refractivity contribution in [3.8, 4) is 0 Å².